The molecule has 0 aliphatic heterocycles. The van der Waals surface area contributed by atoms with E-state index in [4.69, 9.17) is 10.5 Å². The van der Waals surface area contributed by atoms with Gasteiger partial charge in [0.25, 0.3) is 0 Å². The fourth-order valence-electron chi connectivity index (χ4n) is 1.29. The zero-order valence-corrected chi connectivity index (χ0v) is 11.6. The highest BCUT2D eigenvalue weighted by Crippen LogP contribution is 2.12. The van der Waals surface area contributed by atoms with Crippen molar-refractivity contribution in [2.45, 2.75) is 6.42 Å². The number of sulfone groups is 1. The number of carbonyl (C=O) groups is 1. The van der Waals surface area contributed by atoms with Crippen LogP contribution in [-0.2, 0) is 14.6 Å². The maximum absolute atomic E-state index is 11.4. The summed E-state index contributed by atoms with van der Waals surface area (Å²) in [7, 11) is -3.05. The van der Waals surface area contributed by atoms with Crippen molar-refractivity contribution < 1.29 is 17.9 Å². The second kappa shape index (κ2) is 6.98. The molecule has 3 N–H and O–H groups in total. The van der Waals surface area contributed by atoms with Crippen LogP contribution in [-0.4, -0.2) is 39.5 Å². The standard InChI is InChI=1S/C12H18N2O4S/c1-19(16,17)9-7-14-12(15)6-8-18-11-4-2-10(13)3-5-11/h2-5H,6-9,13H2,1H3,(H,14,15). The molecule has 1 amide bonds. The summed E-state index contributed by atoms with van der Waals surface area (Å²) < 4.78 is 27.1. The Labute approximate surface area is 112 Å². The number of carbonyl (C=O) groups excluding carboxylic acids is 1. The number of hydrogen-bond donors (Lipinski definition) is 2. The second-order valence-corrected chi connectivity index (χ2v) is 6.41. The summed E-state index contributed by atoms with van der Waals surface area (Å²) in [4.78, 5) is 11.4. The molecule has 0 bridgehead atoms. The van der Waals surface area contributed by atoms with Crippen molar-refractivity contribution in [2.75, 3.05) is 30.9 Å². The number of nitrogens with one attached hydrogen (secondary N) is 1. The predicted molar refractivity (Wildman–Crippen MR) is 73.7 cm³/mol. The molecule has 0 heterocycles. The molecular formula is C12H18N2O4S. The van der Waals surface area contributed by atoms with E-state index >= 15 is 0 Å². The molecule has 19 heavy (non-hydrogen) atoms. The van der Waals surface area contributed by atoms with Gasteiger partial charge in [0.2, 0.25) is 5.91 Å². The Hall–Kier alpha value is -1.76. The van der Waals surface area contributed by atoms with E-state index in [-0.39, 0.29) is 31.2 Å². The smallest absolute Gasteiger partial charge is 0.223 e. The van der Waals surface area contributed by atoms with Gasteiger partial charge in [-0.15, -0.1) is 0 Å². The number of ether oxygens (including phenoxy) is 1. The molecule has 1 rings (SSSR count). The number of nitrogens with two attached hydrogens (primary N) is 1. The minimum atomic E-state index is -3.05. The van der Waals surface area contributed by atoms with Gasteiger partial charge in [-0.25, -0.2) is 8.42 Å². The van der Waals surface area contributed by atoms with Crippen LogP contribution in [0.25, 0.3) is 0 Å². The molecular weight excluding hydrogens is 268 g/mol. The third-order valence-corrected chi connectivity index (χ3v) is 3.22. The SMILES string of the molecule is CS(=O)(=O)CCNC(=O)CCOc1ccc(N)cc1. The molecule has 0 atom stereocenters. The Morgan fingerprint density at radius 2 is 1.95 bits per heavy atom. The lowest BCUT2D eigenvalue weighted by Crippen LogP contribution is -2.29. The van der Waals surface area contributed by atoms with Crippen molar-refractivity contribution in [1.29, 1.82) is 0 Å². The number of amides is 1. The molecule has 1 aromatic rings. The number of rotatable bonds is 7. The predicted octanol–water partition coefficient (Wildman–Crippen LogP) is 0.199. The largest absolute Gasteiger partial charge is 0.493 e. The molecule has 0 saturated carbocycles. The Morgan fingerprint density at radius 3 is 2.53 bits per heavy atom. The van der Waals surface area contributed by atoms with Gasteiger partial charge in [0.15, 0.2) is 0 Å². The first-order chi connectivity index (χ1) is 8.87. The van der Waals surface area contributed by atoms with Crippen LogP contribution in [0.2, 0.25) is 0 Å². The van der Waals surface area contributed by atoms with Crippen LogP contribution >= 0.6 is 0 Å². The third kappa shape index (κ3) is 7.30. The lowest BCUT2D eigenvalue weighted by atomic mass is 10.3. The van der Waals surface area contributed by atoms with Gasteiger partial charge in [0.05, 0.1) is 18.8 Å². The minimum Gasteiger partial charge on any atom is -0.493 e. The quantitative estimate of drug-likeness (QED) is 0.698. The van der Waals surface area contributed by atoms with E-state index in [1.807, 2.05) is 0 Å². The van der Waals surface area contributed by atoms with Crippen LogP contribution in [0.1, 0.15) is 6.42 Å². The monoisotopic (exact) mass is 286 g/mol. The van der Waals surface area contributed by atoms with Crippen molar-refractivity contribution >= 4 is 21.4 Å². The highest BCUT2D eigenvalue weighted by molar-refractivity contribution is 7.90. The second-order valence-electron chi connectivity index (χ2n) is 4.15. The summed E-state index contributed by atoms with van der Waals surface area (Å²) in [5.41, 5.74) is 6.17. The first-order valence-corrected chi connectivity index (χ1v) is 7.85. The minimum absolute atomic E-state index is 0.0580. The fourth-order valence-corrected chi connectivity index (χ4v) is 1.76. The Balaban J connectivity index is 2.18. The lowest BCUT2D eigenvalue weighted by Gasteiger charge is -2.07. The van der Waals surface area contributed by atoms with Crippen LogP contribution < -0.4 is 15.8 Å². The van der Waals surface area contributed by atoms with Crippen molar-refractivity contribution in [1.82, 2.24) is 5.32 Å². The van der Waals surface area contributed by atoms with Gasteiger partial charge in [-0.05, 0) is 24.3 Å². The van der Waals surface area contributed by atoms with E-state index < -0.39 is 9.84 Å². The topological polar surface area (TPSA) is 98.5 Å². The Bertz CT molecular complexity index is 511. The normalized spacial score (nSPS) is 11.0. The molecule has 0 radical (unpaired) electrons. The zero-order valence-electron chi connectivity index (χ0n) is 10.8. The van der Waals surface area contributed by atoms with Gasteiger partial charge in [0, 0.05) is 18.5 Å². The van der Waals surface area contributed by atoms with Crippen molar-refractivity contribution in [2.24, 2.45) is 0 Å². The lowest BCUT2D eigenvalue weighted by molar-refractivity contribution is -0.121. The molecule has 1 aromatic carbocycles. The van der Waals surface area contributed by atoms with E-state index in [1.54, 1.807) is 24.3 Å². The molecule has 0 fully saturated rings. The van der Waals surface area contributed by atoms with Crippen LogP contribution in [0.5, 0.6) is 5.75 Å². The van der Waals surface area contributed by atoms with Crippen molar-refractivity contribution in [3.63, 3.8) is 0 Å². The highest BCUT2D eigenvalue weighted by Gasteiger charge is 2.05. The average molecular weight is 286 g/mol. The molecule has 106 valence electrons. The summed E-state index contributed by atoms with van der Waals surface area (Å²) >= 11 is 0. The summed E-state index contributed by atoms with van der Waals surface area (Å²) in [5, 5.41) is 2.52. The summed E-state index contributed by atoms with van der Waals surface area (Å²) in [6, 6.07) is 6.86. The first kappa shape index (κ1) is 15.3. The number of nitrogen functional groups attached to an aromatic ring is 1. The molecule has 0 unspecified atom stereocenters. The molecule has 0 aromatic heterocycles. The van der Waals surface area contributed by atoms with Crippen LogP contribution in [0.4, 0.5) is 5.69 Å². The van der Waals surface area contributed by atoms with Gasteiger partial charge >= 0.3 is 0 Å². The fraction of sp³-hybridized carbons (Fsp3) is 0.417. The Kier molecular flexibility index (Phi) is 5.62. The van der Waals surface area contributed by atoms with Crippen LogP contribution in [0.15, 0.2) is 24.3 Å². The summed E-state index contributed by atoms with van der Waals surface area (Å²) in [5.74, 6) is 0.342. The van der Waals surface area contributed by atoms with Gasteiger partial charge < -0.3 is 15.8 Å². The number of benzene rings is 1. The number of anilines is 1. The average Bonchev–Trinajstić information content (AvgIpc) is 2.30. The molecule has 0 aliphatic carbocycles. The maximum atomic E-state index is 11.4. The van der Waals surface area contributed by atoms with E-state index in [2.05, 4.69) is 5.32 Å². The van der Waals surface area contributed by atoms with E-state index in [0.29, 0.717) is 11.4 Å². The first-order valence-electron chi connectivity index (χ1n) is 5.79. The van der Waals surface area contributed by atoms with Crippen LogP contribution in [0, 0.1) is 0 Å². The van der Waals surface area contributed by atoms with Crippen LogP contribution in [0.3, 0.4) is 0 Å². The number of hydrogen-bond acceptors (Lipinski definition) is 5. The highest BCUT2D eigenvalue weighted by atomic mass is 32.2. The summed E-state index contributed by atoms with van der Waals surface area (Å²) in [6.07, 6.45) is 1.30. The van der Waals surface area contributed by atoms with Gasteiger partial charge in [0.1, 0.15) is 15.6 Å². The van der Waals surface area contributed by atoms with E-state index in [9.17, 15) is 13.2 Å². The van der Waals surface area contributed by atoms with E-state index in [0.717, 1.165) is 6.26 Å². The maximum Gasteiger partial charge on any atom is 0.223 e. The molecule has 0 saturated heterocycles. The summed E-state index contributed by atoms with van der Waals surface area (Å²) in [6.45, 7) is 0.355. The zero-order chi connectivity index (χ0) is 14.3. The molecule has 6 nitrogen and oxygen atoms in total. The van der Waals surface area contributed by atoms with Gasteiger partial charge in [-0.2, -0.15) is 0 Å². The molecule has 0 aliphatic rings. The van der Waals surface area contributed by atoms with Gasteiger partial charge in [-0.1, -0.05) is 0 Å². The third-order valence-electron chi connectivity index (χ3n) is 2.27. The van der Waals surface area contributed by atoms with E-state index in [1.165, 1.54) is 0 Å². The van der Waals surface area contributed by atoms with Crippen molar-refractivity contribution in [3.05, 3.63) is 24.3 Å². The van der Waals surface area contributed by atoms with Crippen molar-refractivity contribution in [3.8, 4) is 5.75 Å². The molecule has 0 spiro atoms. The molecule has 7 heteroatoms. The van der Waals surface area contributed by atoms with Gasteiger partial charge in [-0.3, -0.25) is 4.79 Å². The Morgan fingerprint density at radius 1 is 1.32 bits per heavy atom.